The van der Waals surface area contributed by atoms with Crippen LogP contribution in [0.1, 0.15) is 86.8 Å². The molecule has 2 unspecified atom stereocenters. The minimum absolute atomic E-state index is 0.180. The number of imide groups is 1. The molecule has 0 spiro atoms. The van der Waals surface area contributed by atoms with Crippen molar-refractivity contribution in [1.82, 2.24) is 15.2 Å². The number of hydrogen-bond donors (Lipinski definition) is 1. The predicted molar refractivity (Wildman–Crippen MR) is 118 cm³/mol. The van der Waals surface area contributed by atoms with E-state index < -0.39 is 11.9 Å². The molecule has 3 aliphatic heterocycles. The topological polar surface area (TPSA) is 91.8 Å². The van der Waals surface area contributed by atoms with Crippen molar-refractivity contribution in [3.05, 3.63) is 23.4 Å². The number of carbonyl (C=O) groups is 3. The molecule has 3 amide bonds. The number of aromatic nitrogens is 1. The number of fused-ring (bicyclic) bond motifs is 1. The maximum Gasteiger partial charge on any atom is 0.257 e. The van der Waals surface area contributed by atoms with Crippen LogP contribution in [0.5, 0.6) is 0 Å². The Morgan fingerprint density at radius 1 is 0.969 bits per heavy atom. The molecule has 0 radical (unpaired) electrons. The molecule has 32 heavy (non-hydrogen) atoms. The van der Waals surface area contributed by atoms with Gasteiger partial charge in [0.1, 0.15) is 11.9 Å². The SMILES string of the molecule is CC1c2nc(N3CCC(OC4CCCCC4)CC3)ccc2C(=O)N1C1CCC(=O)NC1=O. The summed E-state index contributed by atoms with van der Waals surface area (Å²) in [5.74, 6) is 0.0270. The van der Waals surface area contributed by atoms with Crippen LogP contribution in [0, 0.1) is 0 Å². The van der Waals surface area contributed by atoms with Crippen molar-refractivity contribution >= 4 is 23.5 Å². The van der Waals surface area contributed by atoms with Crippen LogP contribution in [0.15, 0.2) is 12.1 Å². The number of anilines is 1. The number of nitrogens with one attached hydrogen (secondary N) is 1. The first-order valence-electron chi connectivity index (χ1n) is 12.1. The molecule has 1 aromatic rings. The summed E-state index contributed by atoms with van der Waals surface area (Å²) in [7, 11) is 0. The van der Waals surface area contributed by atoms with E-state index in [1.54, 1.807) is 4.90 Å². The maximum atomic E-state index is 13.0. The number of nitrogens with zero attached hydrogens (tertiary/aromatic N) is 3. The first kappa shape index (κ1) is 21.4. The predicted octanol–water partition coefficient (Wildman–Crippen LogP) is 2.72. The minimum atomic E-state index is -0.625. The van der Waals surface area contributed by atoms with E-state index in [0.29, 0.717) is 24.2 Å². The highest BCUT2D eigenvalue weighted by Crippen LogP contribution is 2.37. The van der Waals surface area contributed by atoms with Gasteiger partial charge in [-0.05, 0) is 51.2 Å². The second-order valence-electron chi connectivity index (χ2n) is 9.54. The van der Waals surface area contributed by atoms with E-state index in [9.17, 15) is 14.4 Å². The van der Waals surface area contributed by atoms with Crippen molar-refractivity contribution in [1.29, 1.82) is 0 Å². The molecule has 172 valence electrons. The number of ether oxygens (including phenoxy) is 1. The van der Waals surface area contributed by atoms with Gasteiger partial charge in [0.2, 0.25) is 11.8 Å². The Morgan fingerprint density at radius 2 is 1.69 bits per heavy atom. The molecule has 1 aromatic heterocycles. The van der Waals surface area contributed by atoms with Crippen LogP contribution in [-0.2, 0) is 14.3 Å². The van der Waals surface area contributed by atoms with E-state index in [-0.39, 0.29) is 24.3 Å². The van der Waals surface area contributed by atoms with Crippen molar-refractivity contribution in [2.75, 3.05) is 18.0 Å². The van der Waals surface area contributed by atoms with Gasteiger partial charge in [-0.25, -0.2) is 4.98 Å². The highest BCUT2D eigenvalue weighted by atomic mass is 16.5. The van der Waals surface area contributed by atoms with E-state index in [1.807, 2.05) is 19.1 Å². The number of rotatable bonds is 4. The molecule has 0 bridgehead atoms. The van der Waals surface area contributed by atoms with Crippen LogP contribution in [0.25, 0.3) is 0 Å². The van der Waals surface area contributed by atoms with Crippen LogP contribution < -0.4 is 10.2 Å². The largest absolute Gasteiger partial charge is 0.375 e. The normalized spacial score (nSPS) is 27.6. The minimum Gasteiger partial charge on any atom is -0.375 e. The summed E-state index contributed by atoms with van der Waals surface area (Å²) >= 11 is 0. The van der Waals surface area contributed by atoms with Crippen LogP contribution in [0.2, 0.25) is 0 Å². The van der Waals surface area contributed by atoms with Gasteiger partial charge in [0.15, 0.2) is 0 Å². The highest BCUT2D eigenvalue weighted by Gasteiger charge is 2.44. The molecule has 8 nitrogen and oxygen atoms in total. The molecule has 4 heterocycles. The van der Waals surface area contributed by atoms with Crippen molar-refractivity contribution in [2.45, 2.75) is 89.0 Å². The lowest BCUT2D eigenvalue weighted by Gasteiger charge is -2.35. The smallest absolute Gasteiger partial charge is 0.257 e. The fraction of sp³-hybridized carbons (Fsp3) is 0.667. The van der Waals surface area contributed by atoms with Crippen LogP contribution in [0.4, 0.5) is 5.82 Å². The molecule has 8 heteroatoms. The second kappa shape index (κ2) is 8.81. The van der Waals surface area contributed by atoms with E-state index in [4.69, 9.17) is 9.72 Å². The van der Waals surface area contributed by atoms with Crippen LogP contribution in [-0.4, -0.2) is 58.9 Å². The quantitative estimate of drug-likeness (QED) is 0.724. The molecule has 2 atom stereocenters. The molecule has 4 aliphatic rings. The lowest BCUT2D eigenvalue weighted by molar-refractivity contribution is -0.137. The summed E-state index contributed by atoms with van der Waals surface area (Å²) in [4.78, 5) is 45.6. The summed E-state index contributed by atoms with van der Waals surface area (Å²) < 4.78 is 6.36. The Kier molecular flexibility index (Phi) is 5.88. The molecule has 3 fully saturated rings. The molecule has 5 rings (SSSR count). The zero-order valence-electron chi connectivity index (χ0n) is 18.7. The lowest BCUT2D eigenvalue weighted by Crippen LogP contribution is -2.53. The van der Waals surface area contributed by atoms with Gasteiger partial charge in [-0.3, -0.25) is 19.7 Å². The Hall–Kier alpha value is -2.48. The summed E-state index contributed by atoms with van der Waals surface area (Å²) in [5, 5.41) is 2.36. The van der Waals surface area contributed by atoms with Gasteiger partial charge in [0.05, 0.1) is 29.5 Å². The molecule has 1 saturated carbocycles. The number of piperidine rings is 2. The average Bonchev–Trinajstić information content (AvgIpc) is 3.05. The van der Waals surface area contributed by atoms with E-state index >= 15 is 0 Å². The standard InChI is InChI=1S/C24H32N4O4/c1-15-22-18(24(31)28(15)19-8-10-21(29)26-23(19)30)7-9-20(25-22)27-13-11-17(12-14-27)32-16-5-3-2-4-6-16/h7,9,15-17,19H,2-6,8,10-14H2,1H3,(H,26,29,30). The van der Waals surface area contributed by atoms with Gasteiger partial charge in [-0.1, -0.05) is 19.3 Å². The number of amides is 3. The van der Waals surface area contributed by atoms with Gasteiger partial charge < -0.3 is 14.5 Å². The third kappa shape index (κ3) is 4.00. The highest BCUT2D eigenvalue weighted by molar-refractivity contribution is 6.05. The summed E-state index contributed by atoms with van der Waals surface area (Å²) in [6.45, 7) is 3.69. The molecular formula is C24H32N4O4. The molecule has 1 N–H and O–H groups in total. The zero-order valence-corrected chi connectivity index (χ0v) is 18.7. The van der Waals surface area contributed by atoms with Gasteiger partial charge in [0, 0.05) is 19.5 Å². The third-order valence-corrected chi connectivity index (χ3v) is 7.44. The van der Waals surface area contributed by atoms with Crippen molar-refractivity contribution in [3.8, 4) is 0 Å². The molecule has 0 aromatic carbocycles. The van der Waals surface area contributed by atoms with Gasteiger partial charge in [0.25, 0.3) is 5.91 Å². The summed E-state index contributed by atoms with van der Waals surface area (Å²) in [6.07, 6.45) is 9.66. The van der Waals surface area contributed by atoms with E-state index in [2.05, 4.69) is 10.2 Å². The fourth-order valence-electron chi connectivity index (χ4n) is 5.64. The molecule has 2 saturated heterocycles. The van der Waals surface area contributed by atoms with Crippen molar-refractivity contribution in [2.24, 2.45) is 0 Å². The van der Waals surface area contributed by atoms with E-state index in [0.717, 1.165) is 37.4 Å². The third-order valence-electron chi connectivity index (χ3n) is 7.44. The Bertz CT molecular complexity index is 905. The number of carbonyl (C=O) groups excluding carboxylic acids is 3. The molecular weight excluding hydrogens is 408 g/mol. The maximum absolute atomic E-state index is 13.0. The Morgan fingerprint density at radius 3 is 2.41 bits per heavy atom. The van der Waals surface area contributed by atoms with Crippen LogP contribution in [0.3, 0.4) is 0 Å². The lowest BCUT2D eigenvalue weighted by atomic mass is 9.97. The average molecular weight is 441 g/mol. The second-order valence-corrected chi connectivity index (χ2v) is 9.54. The van der Waals surface area contributed by atoms with Crippen LogP contribution >= 0.6 is 0 Å². The van der Waals surface area contributed by atoms with Gasteiger partial charge >= 0.3 is 0 Å². The summed E-state index contributed by atoms with van der Waals surface area (Å²) in [5.41, 5.74) is 1.28. The van der Waals surface area contributed by atoms with Crippen molar-refractivity contribution in [3.63, 3.8) is 0 Å². The van der Waals surface area contributed by atoms with Crippen molar-refractivity contribution < 1.29 is 19.1 Å². The molecule has 1 aliphatic carbocycles. The Labute approximate surface area is 188 Å². The van der Waals surface area contributed by atoms with Gasteiger partial charge in [-0.2, -0.15) is 0 Å². The van der Waals surface area contributed by atoms with E-state index in [1.165, 1.54) is 32.1 Å². The monoisotopic (exact) mass is 440 g/mol. The first-order valence-corrected chi connectivity index (χ1v) is 12.1. The first-order chi connectivity index (χ1) is 15.5. The Balaban J connectivity index is 1.24. The summed E-state index contributed by atoms with van der Waals surface area (Å²) in [6, 6.07) is 2.83. The zero-order chi connectivity index (χ0) is 22.2. The fourth-order valence-corrected chi connectivity index (χ4v) is 5.64. The van der Waals surface area contributed by atoms with Gasteiger partial charge in [-0.15, -0.1) is 0 Å². The number of hydrogen-bond acceptors (Lipinski definition) is 6. The number of pyridine rings is 1.